The molecule has 1 aliphatic carbocycles. The summed E-state index contributed by atoms with van der Waals surface area (Å²) in [5.41, 5.74) is 4.92. The van der Waals surface area contributed by atoms with E-state index in [1.807, 2.05) is 0 Å². The molecule has 0 fully saturated rings. The predicted molar refractivity (Wildman–Crippen MR) is 127 cm³/mol. The number of hydrogen-bond acceptors (Lipinski definition) is 2. The smallest absolute Gasteiger partial charge is 0.199 e. The zero-order chi connectivity index (χ0) is 20.3. The lowest BCUT2D eigenvalue weighted by molar-refractivity contribution is -0.519. The second-order valence-corrected chi connectivity index (χ2v) is 11.8. The molecule has 0 spiro atoms. The lowest BCUT2D eigenvalue weighted by Gasteiger charge is -2.36. The number of anilines is 1. The van der Waals surface area contributed by atoms with Crippen molar-refractivity contribution in [2.75, 3.05) is 31.1 Å². The Morgan fingerprint density at radius 3 is 2.43 bits per heavy atom. The van der Waals surface area contributed by atoms with Crippen molar-refractivity contribution < 1.29 is 4.58 Å². The molecular formula is C24H34N3Si+. The summed E-state index contributed by atoms with van der Waals surface area (Å²) in [5.74, 6) is 0. The summed E-state index contributed by atoms with van der Waals surface area (Å²) < 4.78 is 2.42. The molecule has 2 aliphatic rings. The Kier molecular flexibility index (Phi) is 6.19. The monoisotopic (exact) mass is 392 g/mol. The summed E-state index contributed by atoms with van der Waals surface area (Å²) >= 11 is 0. The highest BCUT2D eigenvalue weighted by atomic mass is 28.3. The van der Waals surface area contributed by atoms with Crippen LogP contribution in [0.3, 0.4) is 0 Å². The largest absolute Gasteiger partial charge is 0.372 e. The molecule has 0 aromatic heterocycles. The minimum Gasteiger partial charge on any atom is -0.372 e. The Hall–Kier alpha value is -2.20. The van der Waals surface area contributed by atoms with Crippen molar-refractivity contribution in [3.05, 3.63) is 54.3 Å². The Balaban J connectivity index is 2.21. The Labute approximate surface area is 171 Å². The van der Waals surface area contributed by atoms with E-state index >= 15 is 0 Å². The van der Waals surface area contributed by atoms with Gasteiger partial charge in [-0.3, -0.25) is 0 Å². The van der Waals surface area contributed by atoms with Gasteiger partial charge in [-0.1, -0.05) is 12.6 Å². The van der Waals surface area contributed by atoms with Crippen molar-refractivity contribution in [1.29, 1.82) is 0 Å². The first kappa shape index (κ1) is 20.5. The number of fused-ring (bicyclic) bond motifs is 2. The molecule has 4 heteroatoms. The van der Waals surface area contributed by atoms with Gasteiger partial charge in [-0.25, -0.2) is 9.57 Å². The molecule has 0 N–H and O–H groups in total. The first-order chi connectivity index (χ1) is 13.5. The minimum absolute atomic E-state index is 1.02. The van der Waals surface area contributed by atoms with Gasteiger partial charge in [0.25, 0.3) is 0 Å². The van der Waals surface area contributed by atoms with E-state index in [0.29, 0.717) is 0 Å². The number of benzene rings is 1. The van der Waals surface area contributed by atoms with Crippen molar-refractivity contribution in [3.63, 3.8) is 0 Å². The third-order valence-electron chi connectivity index (χ3n) is 6.20. The second-order valence-electron chi connectivity index (χ2n) is 7.68. The maximum atomic E-state index is 5.05. The molecule has 0 bridgehead atoms. The minimum atomic E-state index is -1.95. The number of nitrogens with zero attached hydrogens (tertiary/aromatic N) is 3. The first-order valence-electron chi connectivity index (χ1n) is 10.6. The van der Waals surface area contributed by atoms with Crippen LogP contribution in [-0.2, 0) is 0 Å². The zero-order valence-electron chi connectivity index (χ0n) is 18.1. The average Bonchev–Trinajstić information content (AvgIpc) is 2.71. The Bertz CT molecular complexity index is 881. The van der Waals surface area contributed by atoms with E-state index in [2.05, 4.69) is 92.8 Å². The van der Waals surface area contributed by atoms with E-state index in [1.165, 1.54) is 21.8 Å². The van der Waals surface area contributed by atoms with E-state index in [1.54, 1.807) is 0 Å². The fourth-order valence-electron chi connectivity index (χ4n) is 4.48. The van der Waals surface area contributed by atoms with E-state index in [0.717, 1.165) is 43.6 Å². The van der Waals surface area contributed by atoms with E-state index < -0.39 is 8.07 Å². The highest BCUT2D eigenvalue weighted by Crippen LogP contribution is 2.35. The van der Waals surface area contributed by atoms with Crippen LogP contribution in [-0.4, -0.2) is 50.3 Å². The fourth-order valence-corrected chi connectivity index (χ4v) is 8.13. The van der Waals surface area contributed by atoms with Gasteiger partial charge in [0.15, 0.2) is 5.71 Å². The van der Waals surface area contributed by atoms with E-state index in [-0.39, 0.29) is 0 Å². The maximum Gasteiger partial charge on any atom is 0.199 e. The van der Waals surface area contributed by atoms with Crippen LogP contribution in [0.15, 0.2) is 59.3 Å². The molecule has 28 heavy (non-hydrogen) atoms. The van der Waals surface area contributed by atoms with Crippen LogP contribution in [0.4, 0.5) is 11.4 Å². The highest BCUT2D eigenvalue weighted by Gasteiger charge is 2.41. The van der Waals surface area contributed by atoms with Gasteiger partial charge in [0.1, 0.15) is 21.2 Å². The molecule has 148 valence electrons. The SMILES string of the molecule is C=CC[Si]1(C)C2=CC(=[N+](CC)CC)C=CC2=Nc2ccc(N(CC)CC)cc21. The molecule has 1 aromatic carbocycles. The summed E-state index contributed by atoms with van der Waals surface area (Å²) in [6.45, 7) is 19.6. The van der Waals surface area contributed by atoms with Gasteiger partial charge in [-0.2, -0.15) is 0 Å². The van der Waals surface area contributed by atoms with Crippen molar-refractivity contribution in [2.45, 2.75) is 40.3 Å². The van der Waals surface area contributed by atoms with Crippen molar-refractivity contribution >= 4 is 36.1 Å². The molecule has 1 atom stereocenters. The fraction of sp³-hybridized carbons (Fsp3) is 0.417. The van der Waals surface area contributed by atoms with Gasteiger partial charge in [0.2, 0.25) is 0 Å². The summed E-state index contributed by atoms with van der Waals surface area (Å²) in [4.78, 5) is 7.48. The first-order valence-corrected chi connectivity index (χ1v) is 13.3. The molecule has 0 radical (unpaired) electrons. The predicted octanol–water partition coefficient (Wildman–Crippen LogP) is 4.62. The van der Waals surface area contributed by atoms with Crippen LogP contribution >= 0.6 is 0 Å². The quantitative estimate of drug-likeness (QED) is 0.287. The highest BCUT2D eigenvalue weighted by molar-refractivity contribution is 7.02. The molecule has 3 nitrogen and oxygen atoms in total. The Morgan fingerprint density at radius 2 is 1.82 bits per heavy atom. The third-order valence-corrected chi connectivity index (χ3v) is 10.5. The normalized spacial score (nSPS) is 20.1. The molecule has 1 heterocycles. The van der Waals surface area contributed by atoms with Crippen LogP contribution < -0.4 is 10.1 Å². The van der Waals surface area contributed by atoms with Crippen molar-refractivity contribution in [3.8, 4) is 0 Å². The molecular weight excluding hydrogens is 358 g/mol. The van der Waals surface area contributed by atoms with Crippen molar-refractivity contribution in [2.24, 2.45) is 4.99 Å². The number of rotatable bonds is 7. The molecule has 1 unspecified atom stereocenters. The third kappa shape index (κ3) is 3.46. The van der Waals surface area contributed by atoms with Gasteiger partial charge in [-0.05, 0) is 68.4 Å². The van der Waals surface area contributed by atoms with Gasteiger partial charge in [0.05, 0.1) is 11.4 Å². The van der Waals surface area contributed by atoms with E-state index in [4.69, 9.17) is 4.99 Å². The number of allylic oxidation sites excluding steroid dienone is 5. The summed E-state index contributed by atoms with van der Waals surface area (Å²) in [6.07, 6.45) is 8.97. The van der Waals surface area contributed by atoms with Crippen LogP contribution in [0, 0.1) is 0 Å². The maximum absolute atomic E-state index is 5.05. The summed E-state index contributed by atoms with van der Waals surface area (Å²) in [5, 5.41) is 2.89. The van der Waals surface area contributed by atoms with E-state index in [9.17, 15) is 0 Å². The average molecular weight is 393 g/mol. The lowest BCUT2D eigenvalue weighted by atomic mass is 10.1. The summed E-state index contributed by atoms with van der Waals surface area (Å²) in [7, 11) is -1.95. The Morgan fingerprint density at radius 1 is 1.11 bits per heavy atom. The molecule has 0 saturated carbocycles. The van der Waals surface area contributed by atoms with Gasteiger partial charge in [-0.15, -0.1) is 6.58 Å². The van der Waals surface area contributed by atoms with Crippen LogP contribution in [0.1, 0.15) is 27.7 Å². The second kappa shape index (κ2) is 8.44. The molecule has 0 amide bonds. The molecule has 1 aliphatic heterocycles. The van der Waals surface area contributed by atoms with Crippen LogP contribution in [0.25, 0.3) is 0 Å². The zero-order valence-corrected chi connectivity index (χ0v) is 19.1. The topological polar surface area (TPSA) is 18.6 Å². The van der Waals surface area contributed by atoms with Crippen LogP contribution in [0.2, 0.25) is 12.6 Å². The standard InChI is InChI=1S/C24H34N3Si/c1-7-16-28(6)23-17-19(26(8-2)9-3)12-14-21(23)25-22-15-13-20(18-24(22)28)27(10-4)11-5/h7,12-15,17-18H,1,8-11,16H2,2-6H3/q+1. The number of aliphatic imine (C=N–C) groups is 1. The summed E-state index contributed by atoms with van der Waals surface area (Å²) in [6, 6.07) is 7.90. The van der Waals surface area contributed by atoms with Crippen molar-refractivity contribution in [1.82, 2.24) is 0 Å². The van der Waals surface area contributed by atoms with Gasteiger partial charge >= 0.3 is 0 Å². The van der Waals surface area contributed by atoms with Gasteiger partial charge in [0, 0.05) is 30.9 Å². The molecule has 3 rings (SSSR count). The lowest BCUT2D eigenvalue weighted by Crippen LogP contribution is -2.52. The van der Waals surface area contributed by atoms with Gasteiger partial charge < -0.3 is 4.90 Å². The molecule has 1 aromatic rings. The molecule has 0 saturated heterocycles. The number of hydrogen-bond donors (Lipinski definition) is 0. The van der Waals surface area contributed by atoms with Crippen LogP contribution in [0.5, 0.6) is 0 Å².